The highest BCUT2D eigenvalue weighted by Crippen LogP contribution is 2.36. The molecule has 0 aliphatic carbocycles. The number of esters is 1. The SMILES string of the molecule is N#Cc1c(N)nc(SCC(=O)OCc2ccccc2)c(C#N)c1-c1ccc(O)cc1. The van der Waals surface area contributed by atoms with E-state index in [1.165, 1.54) is 12.1 Å². The number of rotatable bonds is 6. The fourth-order valence-electron chi connectivity index (χ4n) is 2.73. The van der Waals surface area contributed by atoms with Crippen molar-refractivity contribution in [2.24, 2.45) is 0 Å². The largest absolute Gasteiger partial charge is 0.508 e. The van der Waals surface area contributed by atoms with Crippen molar-refractivity contribution in [3.63, 3.8) is 0 Å². The monoisotopic (exact) mass is 416 g/mol. The Morgan fingerprint density at radius 2 is 1.73 bits per heavy atom. The molecule has 7 nitrogen and oxygen atoms in total. The minimum absolute atomic E-state index is 0.0419. The minimum Gasteiger partial charge on any atom is -0.508 e. The second-order valence-electron chi connectivity index (χ2n) is 6.13. The molecule has 0 fully saturated rings. The number of phenols is 1. The maximum atomic E-state index is 12.1. The van der Waals surface area contributed by atoms with Crippen molar-refractivity contribution in [2.45, 2.75) is 11.6 Å². The molecule has 0 unspecified atom stereocenters. The molecule has 3 N–H and O–H groups in total. The van der Waals surface area contributed by atoms with Crippen LogP contribution in [0.5, 0.6) is 5.75 Å². The highest BCUT2D eigenvalue weighted by atomic mass is 32.2. The number of nitrogens with two attached hydrogens (primary N) is 1. The van der Waals surface area contributed by atoms with Gasteiger partial charge in [-0.15, -0.1) is 0 Å². The third-order valence-corrected chi connectivity index (χ3v) is 5.09. The average molecular weight is 416 g/mol. The van der Waals surface area contributed by atoms with E-state index in [0.717, 1.165) is 17.3 Å². The first-order valence-corrected chi connectivity index (χ1v) is 9.77. The third-order valence-electron chi connectivity index (χ3n) is 4.14. The van der Waals surface area contributed by atoms with Crippen LogP contribution in [-0.4, -0.2) is 21.8 Å². The lowest BCUT2D eigenvalue weighted by molar-refractivity contribution is -0.141. The van der Waals surface area contributed by atoms with E-state index in [2.05, 4.69) is 11.1 Å². The summed E-state index contributed by atoms with van der Waals surface area (Å²) in [5, 5.41) is 29.0. The lowest BCUT2D eigenvalue weighted by Gasteiger charge is -2.13. The van der Waals surface area contributed by atoms with E-state index >= 15 is 0 Å². The van der Waals surface area contributed by atoms with E-state index in [1.807, 2.05) is 36.4 Å². The molecule has 0 aliphatic rings. The number of benzene rings is 2. The molecule has 0 aliphatic heterocycles. The van der Waals surface area contributed by atoms with Crippen LogP contribution in [0.15, 0.2) is 59.6 Å². The number of aromatic nitrogens is 1. The fraction of sp³-hybridized carbons (Fsp3) is 0.0909. The van der Waals surface area contributed by atoms with Gasteiger partial charge >= 0.3 is 5.97 Å². The van der Waals surface area contributed by atoms with Gasteiger partial charge in [0.2, 0.25) is 0 Å². The van der Waals surface area contributed by atoms with Crippen molar-refractivity contribution in [1.29, 1.82) is 10.5 Å². The van der Waals surface area contributed by atoms with E-state index in [9.17, 15) is 20.4 Å². The predicted molar refractivity (Wildman–Crippen MR) is 112 cm³/mol. The number of ether oxygens (including phenoxy) is 1. The van der Waals surface area contributed by atoms with Crippen molar-refractivity contribution in [2.75, 3.05) is 11.5 Å². The van der Waals surface area contributed by atoms with Crippen LogP contribution in [0.2, 0.25) is 0 Å². The van der Waals surface area contributed by atoms with Crippen LogP contribution < -0.4 is 5.73 Å². The van der Waals surface area contributed by atoms with E-state index in [1.54, 1.807) is 12.1 Å². The van der Waals surface area contributed by atoms with Crippen LogP contribution in [0.4, 0.5) is 5.82 Å². The first-order valence-electron chi connectivity index (χ1n) is 8.79. The summed E-state index contributed by atoms with van der Waals surface area (Å²) in [4.78, 5) is 16.3. The Morgan fingerprint density at radius 1 is 1.07 bits per heavy atom. The summed E-state index contributed by atoms with van der Waals surface area (Å²) in [6.45, 7) is 0.146. The lowest BCUT2D eigenvalue weighted by atomic mass is 9.97. The number of pyridine rings is 1. The van der Waals surface area contributed by atoms with Gasteiger partial charge in [-0.25, -0.2) is 4.98 Å². The smallest absolute Gasteiger partial charge is 0.316 e. The number of anilines is 1. The number of nitriles is 2. The molecule has 3 rings (SSSR count). The van der Waals surface area contributed by atoms with Gasteiger partial charge in [0.05, 0.1) is 11.3 Å². The summed E-state index contributed by atoms with van der Waals surface area (Å²) >= 11 is 1.01. The molecule has 1 heterocycles. The Balaban J connectivity index is 1.84. The maximum absolute atomic E-state index is 12.1. The second kappa shape index (κ2) is 9.46. The third kappa shape index (κ3) is 4.69. The number of hydrogen-bond acceptors (Lipinski definition) is 8. The first-order chi connectivity index (χ1) is 14.5. The summed E-state index contributed by atoms with van der Waals surface area (Å²) in [5.41, 5.74) is 7.85. The van der Waals surface area contributed by atoms with Gasteiger partial charge in [0.1, 0.15) is 40.9 Å². The molecule has 1 aromatic heterocycles. The molecule has 3 aromatic rings. The van der Waals surface area contributed by atoms with Gasteiger partial charge < -0.3 is 15.6 Å². The van der Waals surface area contributed by atoms with Gasteiger partial charge in [0.25, 0.3) is 0 Å². The van der Waals surface area contributed by atoms with E-state index in [4.69, 9.17) is 10.5 Å². The summed E-state index contributed by atoms with van der Waals surface area (Å²) in [6.07, 6.45) is 0. The number of phenolic OH excluding ortho intramolecular Hbond substituents is 1. The molecule has 0 spiro atoms. The Hall–Kier alpha value is -4.01. The van der Waals surface area contributed by atoms with Crippen LogP contribution in [0.25, 0.3) is 11.1 Å². The number of nitrogens with zero attached hydrogens (tertiary/aromatic N) is 3. The number of carbonyl (C=O) groups is 1. The zero-order valence-corrected chi connectivity index (χ0v) is 16.5. The van der Waals surface area contributed by atoms with Gasteiger partial charge in [0.15, 0.2) is 0 Å². The Kier molecular flexibility index (Phi) is 6.53. The topological polar surface area (TPSA) is 133 Å². The molecule has 0 atom stereocenters. The molecule has 148 valence electrons. The van der Waals surface area contributed by atoms with Gasteiger partial charge in [-0.2, -0.15) is 10.5 Å². The van der Waals surface area contributed by atoms with Gasteiger partial charge in [-0.05, 0) is 23.3 Å². The summed E-state index contributed by atoms with van der Waals surface area (Å²) in [5.74, 6) is -0.536. The van der Waals surface area contributed by atoms with Gasteiger partial charge in [0, 0.05) is 5.56 Å². The van der Waals surface area contributed by atoms with Crippen LogP contribution in [0.3, 0.4) is 0 Å². The molecular formula is C22H16N4O3S. The Bertz CT molecular complexity index is 1150. The van der Waals surface area contributed by atoms with Crippen LogP contribution in [0, 0.1) is 22.7 Å². The van der Waals surface area contributed by atoms with Crippen LogP contribution >= 0.6 is 11.8 Å². The van der Waals surface area contributed by atoms with Gasteiger partial charge in [-0.1, -0.05) is 54.2 Å². The van der Waals surface area contributed by atoms with E-state index in [0.29, 0.717) is 11.1 Å². The molecule has 0 saturated carbocycles. The van der Waals surface area contributed by atoms with Crippen LogP contribution in [-0.2, 0) is 16.1 Å². The van der Waals surface area contributed by atoms with Crippen molar-refractivity contribution < 1.29 is 14.6 Å². The van der Waals surface area contributed by atoms with Crippen molar-refractivity contribution >= 4 is 23.5 Å². The number of aromatic hydroxyl groups is 1. The molecule has 30 heavy (non-hydrogen) atoms. The lowest BCUT2D eigenvalue weighted by Crippen LogP contribution is -2.09. The van der Waals surface area contributed by atoms with E-state index < -0.39 is 5.97 Å². The minimum atomic E-state index is -0.469. The quantitative estimate of drug-likeness (QED) is 0.460. The van der Waals surface area contributed by atoms with Crippen molar-refractivity contribution in [1.82, 2.24) is 4.98 Å². The molecule has 0 saturated heterocycles. The summed E-state index contributed by atoms with van der Waals surface area (Å²) in [6, 6.07) is 19.4. The standard InChI is InChI=1S/C22H16N4O3S/c23-10-17-20(15-6-8-16(27)9-7-15)18(11-24)22(26-21(17)25)30-13-19(28)29-12-14-4-2-1-3-5-14/h1-9,27H,12-13H2,(H2,25,26). The predicted octanol–water partition coefficient (Wildman–Crippen LogP) is 3.62. The molecule has 0 amide bonds. The zero-order valence-electron chi connectivity index (χ0n) is 15.7. The molecule has 8 heteroatoms. The van der Waals surface area contributed by atoms with Crippen molar-refractivity contribution in [3.05, 3.63) is 71.3 Å². The normalized spacial score (nSPS) is 10.1. The Labute approximate surface area is 177 Å². The first kappa shape index (κ1) is 20.7. The molecule has 0 radical (unpaired) electrons. The number of carbonyl (C=O) groups excluding carboxylic acids is 1. The number of nitrogen functional groups attached to an aromatic ring is 1. The number of hydrogen-bond donors (Lipinski definition) is 2. The zero-order chi connectivity index (χ0) is 21.5. The van der Waals surface area contributed by atoms with Crippen LogP contribution in [0.1, 0.15) is 16.7 Å². The fourth-order valence-corrected chi connectivity index (χ4v) is 3.52. The highest BCUT2D eigenvalue weighted by molar-refractivity contribution is 7.99. The molecule has 2 aromatic carbocycles. The summed E-state index contributed by atoms with van der Waals surface area (Å²) < 4.78 is 5.24. The van der Waals surface area contributed by atoms with Crippen molar-refractivity contribution in [3.8, 4) is 29.0 Å². The summed E-state index contributed by atoms with van der Waals surface area (Å²) in [7, 11) is 0. The van der Waals surface area contributed by atoms with Gasteiger partial charge in [-0.3, -0.25) is 4.79 Å². The average Bonchev–Trinajstić information content (AvgIpc) is 2.77. The van der Waals surface area contributed by atoms with E-state index in [-0.39, 0.29) is 40.1 Å². The number of thioether (sulfide) groups is 1. The Morgan fingerprint density at radius 3 is 2.37 bits per heavy atom. The second-order valence-corrected chi connectivity index (χ2v) is 7.10. The molecular weight excluding hydrogens is 400 g/mol. The molecule has 0 bridgehead atoms. The maximum Gasteiger partial charge on any atom is 0.316 e. The highest BCUT2D eigenvalue weighted by Gasteiger charge is 2.21.